The van der Waals surface area contributed by atoms with Gasteiger partial charge in [0.25, 0.3) is 0 Å². The first-order valence-corrected chi connectivity index (χ1v) is 10.9. The number of ether oxygens (including phenoxy) is 2. The molecule has 0 amide bonds. The Morgan fingerprint density at radius 3 is 2.21 bits per heavy atom. The van der Waals surface area contributed by atoms with Crippen LogP contribution in [0.15, 0.2) is 54.6 Å². The molecule has 0 unspecified atom stereocenters. The lowest BCUT2D eigenvalue weighted by Gasteiger charge is -2.30. The minimum absolute atomic E-state index is 0.295. The zero-order valence-corrected chi connectivity index (χ0v) is 18.8. The van der Waals surface area contributed by atoms with Gasteiger partial charge in [-0.2, -0.15) is 0 Å². The van der Waals surface area contributed by atoms with E-state index in [9.17, 15) is 0 Å². The van der Waals surface area contributed by atoms with Gasteiger partial charge < -0.3 is 19.7 Å². The smallest absolute Gasteiger partial charge is 0.174 e. The molecule has 0 fully saturated rings. The standard InChI is InChI=1S/C23H31ClN2O2S/c1-3-27-22(28-4-2)18-26(17-15-19-8-6-5-7-9-19)23(29)25-16-14-20-10-12-21(24)13-11-20/h5-13,22H,3-4,14-18H2,1-2H3,(H,25,29). The minimum atomic E-state index is -0.295. The highest BCUT2D eigenvalue weighted by atomic mass is 35.5. The molecule has 0 aliphatic heterocycles. The van der Waals surface area contributed by atoms with Crippen LogP contribution in [-0.2, 0) is 22.3 Å². The quantitative estimate of drug-likeness (QED) is 0.386. The predicted octanol–water partition coefficient (Wildman–Crippen LogP) is 4.70. The van der Waals surface area contributed by atoms with Crippen molar-refractivity contribution in [2.45, 2.75) is 33.0 Å². The van der Waals surface area contributed by atoms with Crippen LogP contribution in [0.4, 0.5) is 0 Å². The molecule has 0 saturated heterocycles. The average molecular weight is 435 g/mol. The Morgan fingerprint density at radius 1 is 0.966 bits per heavy atom. The molecular formula is C23H31ClN2O2S. The second kappa shape index (κ2) is 13.5. The molecule has 158 valence electrons. The lowest BCUT2D eigenvalue weighted by atomic mass is 10.1. The number of rotatable bonds is 12. The zero-order chi connectivity index (χ0) is 20.9. The van der Waals surface area contributed by atoms with Gasteiger partial charge in [0.1, 0.15) is 0 Å². The van der Waals surface area contributed by atoms with E-state index < -0.39 is 0 Å². The van der Waals surface area contributed by atoms with Crippen LogP contribution in [0, 0.1) is 0 Å². The third-order valence-corrected chi connectivity index (χ3v) is 5.13. The summed E-state index contributed by atoms with van der Waals surface area (Å²) in [5.74, 6) is 0. The highest BCUT2D eigenvalue weighted by Crippen LogP contribution is 2.10. The Morgan fingerprint density at radius 2 is 1.59 bits per heavy atom. The normalized spacial score (nSPS) is 10.9. The number of nitrogens with one attached hydrogen (secondary N) is 1. The van der Waals surface area contributed by atoms with Crippen LogP contribution in [0.1, 0.15) is 25.0 Å². The van der Waals surface area contributed by atoms with Crippen LogP contribution in [0.3, 0.4) is 0 Å². The summed E-state index contributed by atoms with van der Waals surface area (Å²) < 4.78 is 11.5. The van der Waals surface area contributed by atoms with Gasteiger partial charge in [-0.3, -0.25) is 0 Å². The summed E-state index contributed by atoms with van der Waals surface area (Å²) in [6, 6.07) is 18.3. The summed E-state index contributed by atoms with van der Waals surface area (Å²) in [6.45, 7) is 7.32. The van der Waals surface area contributed by atoms with Crippen molar-refractivity contribution in [3.63, 3.8) is 0 Å². The van der Waals surface area contributed by atoms with Crippen molar-refractivity contribution in [1.82, 2.24) is 10.2 Å². The fourth-order valence-corrected chi connectivity index (χ4v) is 3.36. The lowest BCUT2D eigenvalue weighted by molar-refractivity contribution is -0.141. The molecule has 0 aliphatic rings. The Bertz CT molecular complexity index is 707. The van der Waals surface area contributed by atoms with Gasteiger partial charge in [0.2, 0.25) is 0 Å². The molecular weight excluding hydrogens is 404 g/mol. The monoisotopic (exact) mass is 434 g/mol. The van der Waals surface area contributed by atoms with Crippen molar-refractivity contribution < 1.29 is 9.47 Å². The maximum absolute atomic E-state index is 5.96. The van der Waals surface area contributed by atoms with E-state index in [0.29, 0.717) is 19.8 Å². The van der Waals surface area contributed by atoms with Crippen molar-refractivity contribution in [3.8, 4) is 0 Å². The number of halogens is 1. The Hall–Kier alpha value is -1.66. The van der Waals surface area contributed by atoms with Gasteiger partial charge >= 0.3 is 0 Å². The third kappa shape index (κ3) is 9.13. The zero-order valence-electron chi connectivity index (χ0n) is 17.3. The van der Waals surface area contributed by atoms with Gasteiger partial charge in [0, 0.05) is 31.3 Å². The van der Waals surface area contributed by atoms with Crippen LogP contribution in [0.25, 0.3) is 0 Å². The maximum Gasteiger partial charge on any atom is 0.174 e. The lowest BCUT2D eigenvalue weighted by Crippen LogP contribution is -2.46. The van der Waals surface area contributed by atoms with E-state index in [0.717, 1.165) is 36.1 Å². The fraction of sp³-hybridized carbons (Fsp3) is 0.435. The SMILES string of the molecule is CCOC(CN(CCc1ccccc1)C(=S)NCCc1ccc(Cl)cc1)OCC. The van der Waals surface area contributed by atoms with Crippen molar-refractivity contribution in [2.75, 3.05) is 32.8 Å². The molecule has 2 rings (SSSR count). The summed E-state index contributed by atoms with van der Waals surface area (Å²) >= 11 is 11.7. The van der Waals surface area contributed by atoms with Crippen LogP contribution in [0.5, 0.6) is 0 Å². The summed E-state index contributed by atoms with van der Waals surface area (Å²) in [4.78, 5) is 2.14. The van der Waals surface area contributed by atoms with Crippen LogP contribution >= 0.6 is 23.8 Å². The van der Waals surface area contributed by atoms with Crippen LogP contribution in [-0.4, -0.2) is 49.2 Å². The van der Waals surface area contributed by atoms with Gasteiger partial charge in [0.15, 0.2) is 11.4 Å². The summed E-state index contributed by atoms with van der Waals surface area (Å²) in [7, 11) is 0. The first kappa shape index (κ1) is 23.6. The minimum Gasteiger partial charge on any atom is -0.362 e. The van der Waals surface area contributed by atoms with E-state index >= 15 is 0 Å². The Balaban J connectivity index is 1.93. The first-order valence-electron chi connectivity index (χ1n) is 10.2. The maximum atomic E-state index is 5.96. The molecule has 0 aliphatic carbocycles. The van der Waals surface area contributed by atoms with E-state index in [1.807, 2.05) is 44.2 Å². The molecule has 0 bridgehead atoms. The molecule has 0 saturated carbocycles. The molecule has 6 heteroatoms. The molecule has 4 nitrogen and oxygen atoms in total. The number of hydrogen-bond donors (Lipinski definition) is 1. The van der Waals surface area contributed by atoms with Crippen LogP contribution < -0.4 is 5.32 Å². The van der Waals surface area contributed by atoms with Crippen LogP contribution in [0.2, 0.25) is 5.02 Å². The Kier molecular flexibility index (Phi) is 11.0. The summed E-state index contributed by atoms with van der Waals surface area (Å²) in [5, 5.41) is 4.86. The fourth-order valence-electron chi connectivity index (χ4n) is 2.97. The summed E-state index contributed by atoms with van der Waals surface area (Å²) in [6.07, 6.45) is 1.49. The highest BCUT2D eigenvalue weighted by molar-refractivity contribution is 7.80. The number of hydrogen-bond acceptors (Lipinski definition) is 3. The van der Waals surface area contributed by atoms with Gasteiger partial charge in [-0.1, -0.05) is 54.1 Å². The van der Waals surface area contributed by atoms with Crippen molar-refractivity contribution >= 4 is 28.9 Å². The molecule has 2 aromatic carbocycles. The highest BCUT2D eigenvalue weighted by Gasteiger charge is 2.17. The molecule has 2 aromatic rings. The van der Waals surface area contributed by atoms with Gasteiger partial charge in [-0.05, 0) is 62.2 Å². The molecule has 0 aromatic heterocycles. The predicted molar refractivity (Wildman–Crippen MR) is 125 cm³/mol. The van der Waals surface area contributed by atoms with E-state index in [1.165, 1.54) is 11.1 Å². The van der Waals surface area contributed by atoms with E-state index in [2.05, 4.69) is 34.5 Å². The van der Waals surface area contributed by atoms with E-state index in [1.54, 1.807) is 0 Å². The van der Waals surface area contributed by atoms with Crippen molar-refractivity contribution in [1.29, 1.82) is 0 Å². The molecule has 1 N–H and O–H groups in total. The van der Waals surface area contributed by atoms with Crippen molar-refractivity contribution in [3.05, 3.63) is 70.7 Å². The number of thiocarbonyl (C=S) groups is 1. The second-order valence-electron chi connectivity index (χ2n) is 6.63. The second-order valence-corrected chi connectivity index (χ2v) is 7.45. The average Bonchev–Trinajstić information content (AvgIpc) is 2.73. The molecule has 29 heavy (non-hydrogen) atoms. The van der Waals surface area contributed by atoms with E-state index in [4.69, 9.17) is 33.3 Å². The number of nitrogens with zero attached hydrogens (tertiary/aromatic N) is 1. The van der Waals surface area contributed by atoms with Gasteiger partial charge in [-0.25, -0.2) is 0 Å². The van der Waals surface area contributed by atoms with Gasteiger partial charge in [-0.15, -0.1) is 0 Å². The largest absolute Gasteiger partial charge is 0.362 e. The molecule has 0 heterocycles. The first-order chi connectivity index (χ1) is 14.1. The third-order valence-electron chi connectivity index (χ3n) is 4.48. The number of benzene rings is 2. The van der Waals surface area contributed by atoms with Crippen molar-refractivity contribution in [2.24, 2.45) is 0 Å². The molecule has 0 spiro atoms. The summed E-state index contributed by atoms with van der Waals surface area (Å²) in [5.41, 5.74) is 2.51. The van der Waals surface area contributed by atoms with E-state index in [-0.39, 0.29) is 6.29 Å². The van der Waals surface area contributed by atoms with Gasteiger partial charge in [0.05, 0.1) is 6.54 Å². The molecule has 0 atom stereocenters. The topological polar surface area (TPSA) is 33.7 Å². The Labute approximate surface area is 185 Å². The molecule has 0 radical (unpaired) electrons.